The lowest BCUT2D eigenvalue weighted by atomic mass is 10.0. The van der Waals surface area contributed by atoms with Gasteiger partial charge in [0.05, 0.1) is 22.7 Å². The quantitative estimate of drug-likeness (QED) is 0.730. The van der Waals surface area contributed by atoms with Crippen molar-refractivity contribution in [3.8, 4) is 5.75 Å². The number of carbonyl (C=O) groups excluding carboxylic acids is 1. The molecule has 108 valence electrons. The van der Waals surface area contributed by atoms with Gasteiger partial charge in [0.25, 0.3) is 5.91 Å². The zero-order chi connectivity index (χ0) is 14.2. The van der Waals surface area contributed by atoms with Crippen LogP contribution in [-0.4, -0.2) is 31.3 Å². The number of amides is 1. The van der Waals surface area contributed by atoms with Crippen molar-refractivity contribution in [2.45, 2.75) is 25.4 Å². The summed E-state index contributed by atoms with van der Waals surface area (Å²) in [5, 5.41) is 6.08. The molecule has 0 saturated carbocycles. The number of hydrogen-bond acceptors (Lipinski definition) is 5. The predicted molar refractivity (Wildman–Crippen MR) is 77.1 cm³/mol. The van der Waals surface area contributed by atoms with Gasteiger partial charge in [-0.2, -0.15) is 0 Å². The van der Waals surface area contributed by atoms with Crippen LogP contribution in [0.5, 0.6) is 5.75 Å². The summed E-state index contributed by atoms with van der Waals surface area (Å²) in [6.45, 7) is 3.62. The van der Waals surface area contributed by atoms with Gasteiger partial charge >= 0.3 is 0 Å². The van der Waals surface area contributed by atoms with Crippen LogP contribution in [0.15, 0.2) is 12.1 Å². The molecule has 0 spiro atoms. The van der Waals surface area contributed by atoms with Crippen molar-refractivity contribution in [1.29, 1.82) is 0 Å². The summed E-state index contributed by atoms with van der Waals surface area (Å²) < 4.78 is 11.1. The number of benzene rings is 1. The highest BCUT2D eigenvalue weighted by atomic mass is 16.5. The fraction of sp³-hybridized carbons (Fsp3) is 0.500. The lowest BCUT2D eigenvalue weighted by Crippen LogP contribution is -2.33. The van der Waals surface area contributed by atoms with Gasteiger partial charge in [0.1, 0.15) is 5.75 Å². The van der Waals surface area contributed by atoms with Crippen LogP contribution in [0.1, 0.15) is 19.8 Å². The normalized spacial score (nSPS) is 24.8. The van der Waals surface area contributed by atoms with Gasteiger partial charge in [-0.25, -0.2) is 0 Å². The molecule has 1 amide bonds. The van der Waals surface area contributed by atoms with Crippen molar-refractivity contribution in [2.24, 2.45) is 0 Å². The summed E-state index contributed by atoms with van der Waals surface area (Å²) in [6.07, 6.45) is 2.12. The minimum Gasteiger partial charge on any atom is -0.482 e. The monoisotopic (exact) mass is 277 g/mol. The van der Waals surface area contributed by atoms with Crippen LogP contribution in [0.25, 0.3) is 0 Å². The van der Waals surface area contributed by atoms with Crippen LogP contribution in [0, 0.1) is 0 Å². The molecule has 1 fully saturated rings. The van der Waals surface area contributed by atoms with Gasteiger partial charge in [-0.05, 0) is 25.8 Å². The fourth-order valence-electron chi connectivity index (χ4n) is 2.55. The lowest BCUT2D eigenvalue weighted by Gasteiger charge is -2.25. The molecule has 6 nitrogen and oxygen atoms in total. The zero-order valence-corrected chi connectivity index (χ0v) is 11.5. The molecule has 0 aliphatic carbocycles. The number of rotatable bonds is 3. The predicted octanol–water partition coefficient (Wildman–Crippen LogP) is 1.58. The average molecular weight is 277 g/mol. The number of carbonyl (C=O) groups is 1. The van der Waals surface area contributed by atoms with Crippen molar-refractivity contribution >= 4 is 23.0 Å². The largest absolute Gasteiger partial charge is 0.482 e. The van der Waals surface area contributed by atoms with Gasteiger partial charge < -0.3 is 25.8 Å². The van der Waals surface area contributed by atoms with E-state index in [0.717, 1.165) is 25.1 Å². The Balaban J connectivity index is 1.76. The number of anilines is 3. The molecule has 1 unspecified atom stereocenters. The van der Waals surface area contributed by atoms with E-state index in [2.05, 4.69) is 17.6 Å². The molecule has 0 radical (unpaired) electrons. The maximum atomic E-state index is 11.3. The SMILES string of the molecule is CC1(CNc2cc3c(cc2N)OCC(=O)N3)CCCO1. The van der Waals surface area contributed by atoms with E-state index in [-0.39, 0.29) is 18.1 Å². The lowest BCUT2D eigenvalue weighted by molar-refractivity contribution is -0.118. The second-order valence-electron chi connectivity index (χ2n) is 5.53. The summed E-state index contributed by atoms with van der Waals surface area (Å²) in [7, 11) is 0. The topological polar surface area (TPSA) is 85.6 Å². The molecule has 3 rings (SSSR count). The Bertz CT molecular complexity index is 539. The van der Waals surface area contributed by atoms with E-state index in [4.69, 9.17) is 15.2 Å². The van der Waals surface area contributed by atoms with Crippen LogP contribution in [0.3, 0.4) is 0 Å². The zero-order valence-electron chi connectivity index (χ0n) is 11.5. The van der Waals surface area contributed by atoms with E-state index in [9.17, 15) is 4.79 Å². The first-order valence-electron chi connectivity index (χ1n) is 6.80. The van der Waals surface area contributed by atoms with Gasteiger partial charge in [0, 0.05) is 19.2 Å². The minimum absolute atomic E-state index is 0.0329. The second kappa shape index (κ2) is 4.86. The van der Waals surface area contributed by atoms with E-state index in [0.29, 0.717) is 23.7 Å². The number of nitrogens with one attached hydrogen (secondary N) is 2. The van der Waals surface area contributed by atoms with E-state index >= 15 is 0 Å². The highest BCUT2D eigenvalue weighted by Crippen LogP contribution is 2.36. The molecule has 0 bridgehead atoms. The van der Waals surface area contributed by atoms with Gasteiger partial charge in [-0.1, -0.05) is 0 Å². The maximum Gasteiger partial charge on any atom is 0.262 e. The first-order valence-corrected chi connectivity index (χ1v) is 6.80. The number of hydrogen-bond donors (Lipinski definition) is 3. The summed E-state index contributed by atoms with van der Waals surface area (Å²) in [5.41, 5.74) is 7.89. The average Bonchev–Trinajstić information content (AvgIpc) is 2.84. The van der Waals surface area contributed by atoms with Crippen LogP contribution >= 0.6 is 0 Å². The molecular weight excluding hydrogens is 258 g/mol. The molecule has 2 aliphatic rings. The Morgan fingerprint density at radius 2 is 2.35 bits per heavy atom. The minimum atomic E-state index is -0.153. The van der Waals surface area contributed by atoms with Crippen molar-refractivity contribution in [2.75, 3.05) is 36.1 Å². The molecule has 1 saturated heterocycles. The Hall–Kier alpha value is -1.95. The Labute approximate surface area is 117 Å². The number of fused-ring (bicyclic) bond motifs is 1. The smallest absolute Gasteiger partial charge is 0.262 e. The summed E-state index contributed by atoms with van der Waals surface area (Å²) >= 11 is 0. The van der Waals surface area contributed by atoms with Crippen LogP contribution in [-0.2, 0) is 9.53 Å². The third-order valence-corrected chi connectivity index (χ3v) is 3.74. The van der Waals surface area contributed by atoms with Crippen molar-refractivity contribution < 1.29 is 14.3 Å². The fourth-order valence-corrected chi connectivity index (χ4v) is 2.55. The molecule has 1 aromatic carbocycles. The van der Waals surface area contributed by atoms with E-state index < -0.39 is 0 Å². The molecule has 20 heavy (non-hydrogen) atoms. The van der Waals surface area contributed by atoms with Crippen molar-refractivity contribution in [3.63, 3.8) is 0 Å². The van der Waals surface area contributed by atoms with Crippen LogP contribution in [0.2, 0.25) is 0 Å². The van der Waals surface area contributed by atoms with Crippen molar-refractivity contribution in [1.82, 2.24) is 0 Å². The second-order valence-corrected chi connectivity index (χ2v) is 5.53. The molecule has 1 aromatic rings. The Morgan fingerprint density at radius 3 is 3.10 bits per heavy atom. The summed E-state index contributed by atoms with van der Waals surface area (Å²) in [5.74, 6) is 0.454. The third kappa shape index (κ3) is 2.51. The number of nitrogens with two attached hydrogens (primary N) is 1. The molecule has 2 heterocycles. The van der Waals surface area contributed by atoms with E-state index in [1.54, 1.807) is 12.1 Å². The molecule has 4 N–H and O–H groups in total. The maximum absolute atomic E-state index is 11.3. The van der Waals surface area contributed by atoms with E-state index in [1.165, 1.54) is 0 Å². The molecule has 2 aliphatic heterocycles. The number of ether oxygens (including phenoxy) is 2. The Kier molecular flexibility index (Phi) is 3.17. The molecular formula is C14H19N3O3. The Morgan fingerprint density at radius 1 is 1.50 bits per heavy atom. The highest BCUT2D eigenvalue weighted by Gasteiger charge is 2.29. The highest BCUT2D eigenvalue weighted by molar-refractivity contribution is 5.97. The summed E-state index contributed by atoms with van der Waals surface area (Å²) in [4.78, 5) is 11.3. The molecule has 0 aromatic heterocycles. The van der Waals surface area contributed by atoms with Gasteiger partial charge in [-0.3, -0.25) is 4.79 Å². The third-order valence-electron chi connectivity index (χ3n) is 3.74. The first kappa shape index (κ1) is 13.1. The standard InChI is InChI=1S/C14H19N3O3/c1-14(3-2-4-20-14)8-16-10-6-11-12(5-9(10)15)19-7-13(18)17-11/h5-6,16H,2-4,7-8,15H2,1H3,(H,17,18). The van der Waals surface area contributed by atoms with Gasteiger partial charge in [0.2, 0.25) is 0 Å². The van der Waals surface area contributed by atoms with Crippen LogP contribution < -0.4 is 21.1 Å². The van der Waals surface area contributed by atoms with Crippen molar-refractivity contribution in [3.05, 3.63) is 12.1 Å². The molecule has 1 atom stereocenters. The first-order chi connectivity index (χ1) is 9.56. The van der Waals surface area contributed by atoms with Crippen LogP contribution in [0.4, 0.5) is 17.1 Å². The number of nitrogen functional groups attached to an aromatic ring is 1. The van der Waals surface area contributed by atoms with E-state index in [1.807, 2.05) is 0 Å². The molecule has 6 heteroatoms. The van der Waals surface area contributed by atoms with Gasteiger partial charge in [0.15, 0.2) is 6.61 Å². The summed E-state index contributed by atoms with van der Waals surface area (Å²) in [6, 6.07) is 3.54. The van der Waals surface area contributed by atoms with Gasteiger partial charge in [-0.15, -0.1) is 0 Å².